The summed E-state index contributed by atoms with van der Waals surface area (Å²) in [5, 5.41) is 3.82. The molecule has 3 nitrogen and oxygen atoms in total. The highest BCUT2D eigenvalue weighted by molar-refractivity contribution is 5.92. The molecule has 1 radical (unpaired) electrons. The van der Waals surface area contributed by atoms with Gasteiger partial charge < -0.3 is 5.73 Å². The minimum Gasteiger partial charge on any atom is -0.366 e. The van der Waals surface area contributed by atoms with Crippen LogP contribution in [0.25, 0.3) is 0 Å². The Labute approximate surface area is 47.6 Å². The van der Waals surface area contributed by atoms with Crippen molar-refractivity contribution in [2.75, 3.05) is 6.54 Å². The van der Waals surface area contributed by atoms with Crippen molar-refractivity contribution in [3.63, 3.8) is 0 Å². The van der Waals surface area contributed by atoms with E-state index >= 15 is 0 Å². The van der Waals surface area contributed by atoms with Crippen LogP contribution in [0.3, 0.4) is 0 Å². The molecule has 0 aromatic rings. The van der Waals surface area contributed by atoms with E-state index in [0.29, 0.717) is 5.57 Å². The summed E-state index contributed by atoms with van der Waals surface area (Å²) in [6.45, 7) is 0.721. The van der Waals surface area contributed by atoms with Crippen LogP contribution in [0, 0.1) is 0 Å². The number of rotatable bonds is 1. The van der Waals surface area contributed by atoms with Gasteiger partial charge >= 0.3 is 0 Å². The van der Waals surface area contributed by atoms with Crippen LogP contribution in [0.5, 0.6) is 0 Å². The minimum absolute atomic E-state index is 0.341. The van der Waals surface area contributed by atoms with Gasteiger partial charge in [-0.25, -0.2) is 0 Å². The Kier molecular flexibility index (Phi) is 1.20. The number of nitrogens with zero attached hydrogens (tertiary/aromatic N) is 1. The third kappa shape index (κ3) is 0.804. The van der Waals surface area contributed by atoms with Crippen molar-refractivity contribution in [1.29, 1.82) is 0 Å². The molecule has 0 saturated heterocycles. The van der Waals surface area contributed by atoms with Crippen molar-refractivity contribution < 1.29 is 4.79 Å². The van der Waals surface area contributed by atoms with Crippen LogP contribution < -0.4 is 11.1 Å². The summed E-state index contributed by atoms with van der Waals surface area (Å²) in [6.07, 6.45) is 2.26. The molecule has 0 fully saturated rings. The van der Waals surface area contributed by atoms with Crippen LogP contribution in [-0.2, 0) is 4.79 Å². The Hall–Kier alpha value is -0.990. The van der Waals surface area contributed by atoms with Gasteiger partial charge in [0.15, 0.2) is 0 Å². The van der Waals surface area contributed by atoms with Gasteiger partial charge in [0.05, 0.1) is 0 Å². The quantitative estimate of drug-likeness (QED) is 0.481. The van der Waals surface area contributed by atoms with Crippen LogP contribution in [0.15, 0.2) is 11.8 Å². The van der Waals surface area contributed by atoms with E-state index in [2.05, 4.69) is 5.32 Å². The molecule has 0 unspecified atom stereocenters. The summed E-state index contributed by atoms with van der Waals surface area (Å²) in [7, 11) is 0. The van der Waals surface area contributed by atoms with Gasteiger partial charge in [-0.05, 0) is 6.42 Å². The van der Waals surface area contributed by atoms with Crippen LogP contribution in [0.2, 0.25) is 0 Å². The number of primary amides is 1. The number of carbonyl (C=O) groups is 1. The number of carbonyl (C=O) groups excluding carboxylic acids is 1. The van der Waals surface area contributed by atoms with E-state index in [1.165, 1.54) is 0 Å². The molecule has 43 valence electrons. The number of hydrogen-bond acceptors (Lipinski definition) is 1. The average Bonchev–Trinajstić information content (AvgIpc) is 2.12. The highest BCUT2D eigenvalue weighted by Gasteiger charge is 2.08. The van der Waals surface area contributed by atoms with Crippen LogP contribution in [0.1, 0.15) is 6.42 Å². The summed E-state index contributed by atoms with van der Waals surface area (Å²) in [5.74, 6) is -0.341. The Balaban J connectivity index is 2.57. The van der Waals surface area contributed by atoms with E-state index in [1.807, 2.05) is 0 Å². The molecule has 0 bridgehead atoms. The van der Waals surface area contributed by atoms with Gasteiger partial charge in [0, 0.05) is 18.3 Å². The first kappa shape index (κ1) is 5.15. The number of nitrogens with two attached hydrogens (primary N) is 1. The van der Waals surface area contributed by atoms with Gasteiger partial charge in [0.2, 0.25) is 5.91 Å². The molecule has 2 N–H and O–H groups in total. The molecule has 1 amide bonds. The van der Waals surface area contributed by atoms with Crippen molar-refractivity contribution in [1.82, 2.24) is 5.32 Å². The second-order valence-corrected chi connectivity index (χ2v) is 1.67. The maximum Gasteiger partial charge on any atom is 0.246 e. The van der Waals surface area contributed by atoms with Gasteiger partial charge in [0.25, 0.3) is 0 Å². The Morgan fingerprint density at radius 2 is 2.62 bits per heavy atom. The highest BCUT2D eigenvalue weighted by atomic mass is 16.1. The fourth-order valence-electron chi connectivity index (χ4n) is 0.611. The van der Waals surface area contributed by atoms with Crippen LogP contribution in [0.4, 0.5) is 0 Å². The van der Waals surface area contributed by atoms with E-state index in [0.717, 1.165) is 13.0 Å². The average molecular weight is 111 g/mol. The predicted molar refractivity (Wildman–Crippen MR) is 28.9 cm³/mol. The second-order valence-electron chi connectivity index (χ2n) is 1.67. The molecule has 1 heterocycles. The molecule has 1 aliphatic rings. The summed E-state index contributed by atoms with van der Waals surface area (Å²) in [6, 6.07) is 0. The normalized spacial score (nSPS) is 17.2. The maximum absolute atomic E-state index is 10.3. The highest BCUT2D eigenvalue weighted by Crippen LogP contribution is 2.03. The monoisotopic (exact) mass is 111 g/mol. The number of amides is 1. The van der Waals surface area contributed by atoms with E-state index in [4.69, 9.17) is 5.73 Å². The summed E-state index contributed by atoms with van der Waals surface area (Å²) < 4.78 is 0. The van der Waals surface area contributed by atoms with Gasteiger partial charge in [-0.1, -0.05) is 0 Å². The number of hydrogen-bond donors (Lipinski definition) is 1. The summed E-state index contributed by atoms with van der Waals surface area (Å²) >= 11 is 0. The second kappa shape index (κ2) is 1.86. The lowest BCUT2D eigenvalue weighted by atomic mass is 10.2. The van der Waals surface area contributed by atoms with Gasteiger partial charge in [-0.3, -0.25) is 10.1 Å². The molecule has 0 atom stereocenters. The molecule has 0 aromatic carbocycles. The lowest BCUT2D eigenvalue weighted by molar-refractivity contribution is -0.114. The molecule has 0 aromatic heterocycles. The van der Waals surface area contributed by atoms with E-state index < -0.39 is 0 Å². The molecule has 0 aliphatic carbocycles. The van der Waals surface area contributed by atoms with E-state index in [-0.39, 0.29) is 5.91 Å². The molecule has 0 saturated carbocycles. The van der Waals surface area contributed by atoms with Crippen molar-refractivity contribution in [3.8, 4) is 0 Å². The Morgan fingerprint density at radius 1 is 1.88 bits per heavy atom. The standard InChI is InChI=1S/C5H7N2O/c6-5(8)4-1-2-7-3-4/h3H,1-2H2,(H2,6,8). The first-order valence-corrected chi connectivity index (χ1v) is 2.46. The fraction of sp³-hybridized carbons (Fsp3) is 0.400. The smallest absolute Gasteiger partial charge is 0.246 e. The zero-order valence-electron chi connectivity index (χ0n) is 4.42. The first-order valence-electron chi connectivity index (χ1n) is 2.46. The van der Waals surface area contributed by atoms with Gasteiger partial charge in [-0.2, -0.15) is 0 Å². The van der Waals surface area contributed by atoms with Crippen LogP contribution in [-0.4, -0.2) is 12.5 Å². The SMILES string of the molecule is NC(=O)C1=C[N]CC1. The van der Waals surface area contributed by atoms with E-state index in [1.54, 1.807) is 6.20 Å². The Bertz CT molecular complexity index is 139. The molecule has 1 rings (SSSR count). The van der Waals surface area contributed by atoms with Crippen molar-refractivity contribution in [2.24, 2.45) is 5.73 Å². The predicted octanol–water partition coefficient (Wildman–Crippen LogP) is -0.636. The molecule has 1 aliphatic heterocycles. The van der Waals surface area contributed by atoms with Crippen molar-refractivity contribution in [3.05, 3.63) is 11.8 Å². The molecule has 8 heavy (non-hydrogen) atoms. The lowest BCUT2D eigenvalue weighted by Crippen LogP contribution is -2.12. The zero-order chi connectivity index (χ0) is 5.98. The largest absolute Gasteiger partial charge is 0.366 e. The van der Waals surface area contributed by atoms with Gasteiger partial charge in [0.1, 0.15) is 0 Å². The topological polar surface area (TPSA) is 57.2 Å². The molecular weight excluding hydrogens is 104 g/mol. The third-order valence-corrected chi connectivity index (χ3v) is 1.07. The molecular formula is C5H7N2O. The maximum atomic E-state index is 10.3. The third-order valence-electron chi connectivity index (χ3n) is 1.07. The molecule has 3 heteroatoms. The fourth-order valence-corrected chi connectivity index (χ4v) is 0.611. The first-order chi connectivity index (χ1) is 3.80. The molecule has 0 spiro atoms. The van der Waals surface area contributed by atoms with Crippen molar-refractivity contribution >= 4 is 5.91 Å². The Morgan fingerprint density at radius 3 is 2.88 bits per heavy atom. The summed E-state index contributed by atoms with van der Waals surface area (Å²) in [5.41, 5.74) is 5.57. The van der Waals surface area contributed by atoms with Crippen molar-refractivity contribution in [2.45, 2.75) is 6.42 Å². The zero-order valence-corrected chi connectivity index (χ0v) is 4.42. The minimum atomic E-state index is -0.341. The summed E-state index contributed by atoms with van der Waals surface area (Å²) in [4.78, 5) is 10.3. The van der Waals surface area contributed by atoms with E-state index in [9.17, 15) is 4.79 Å². The van der Waals surface area contributed by atoms with Crippen LogP contribution >= 0.6 is 0 Å². The van der Waals surface area contributed by atoms with Gasteiger partial charge in [-0.15, -0.1) is 0 Å². The lowest BCUT2D eigenvalue weighted by Gasteiger charge is -1.86.